The number of hydrogen-bond acceptors (Lipinski definition) is 6. The molecule has 0 saturated carbocycles. The Labute approximate surface area is 162 Å². The van der Waals surface area contributed by atoms with Gasteiger partial charge in [0.25, 0.3) is 5.24 Å². The quantitative estimate of drug-likeness (QED) is 0.779. The van der Waals surface area contributed by atoms with Crippen molar-refractivity contribution in [1.29, 1.82) is 0 Å². The number of rotatable bonds is 7. The van der Waals surface area contributed by atoms with Crippen molar-refractivity contribution in [3.63, 3.8) is 0 Å². The van der Waals surface area contributed by atoms with Gasteiger partial charge in [0.05, 0.1) is 11.8 Å². The second-order valence-electron chi connectivity index (χ2n) is 5.69. The van der Waals surface area contributed by atoms with Crippen LogP contribution in [0.3, 0.4) is 0 Å². The van der Waals surface area contributed by atoms with Gasteiger partial charge >= 0.3 is 0 Å². The summed E-state index contributed by atoms with van der Waals surface area (Å²) in [6.07, 6.45) is 2.30. The summed E-state index contributed by atoms with van der Waals surface area (Å²) >= 11 is 1.05. The van der Waals surface area contributed by atoms with E-state index >= 15 is 0 Å². The Morgan fingerprint density at radius 1 is 1.19 bits per heavy atom. The van der Waals surface area contributed by atoms with Gasteiger partial charge in [-0.05, 0) is 36.2 Å². The zero-order valence-electron chi connectivity index (χ0n) is 14.3. The number of pyridine rings is 1. The number of ether oxygens (including phenoxy) is 1. The predicted molar refractivity (Wildman–Crippen MR) is 105 cm³/mol. The minimum Gasteiger partial charge on any atom is -0.492 e. The molecular weight excluding hydrogens is 374 g/mol. The van der Waals surface area contributed by atoms with Gasteiger partial charge in [0.15, 0.2) is 0 Å². The number of amides is 2. The average Bonchev–Trinajstić information content (AvgIpc) is 2.94. The number of aromatic nitrogens is 1. The van der Waals surface area contributed by atoms with E-state index < -0.39 is 0 Å². The molecular formula is C18H20ClN3O3S. The molecule has 1 aromatic heterocycles. The summed E-state index contributed by atoms with van der Waals surface area (Å²) in [5, 5.41) is 1.69. The van der Waals surface area contributed by atoms with Crippen molar-refractivity contribution >= 4 is 41.1 Å². The molecule has 6 nitrogen and oxygen atoms in total. The number of carbonyl (C=O) groups is 2. The maximum Gasteiger partial charge on any atom is 0.286 e. The molecule has 1 aliphatic rings. The number of nitrogens with zero attached hydrogens (tertiary/aromatic N) is 2. The van der Waals surface area contributed by atoms with Crippen molar-refractivity contribution in [2.75, 3.05) is 25.1 Å². The van der Waals surface area contributed by atoms with Crippen molar-refractivity contribution in [1.82, 2.24) is 10.3 Å². The molecule has 1 aromatic carbocycles. The molecule has 3 rings (SSSR count). The monoisotopic (exact) mass is 393 g/mol. The smallest absolute Gasteiger partial charge is 0.286 e. The zero-order chi connectivity index (χ0) is 17.6. The van der Waals surface area contributed by atoms with Crippen LogP contribution in [0.25, 0.3) is 0 Å². The maximum atomic E-state index is 11.6. The molecule has 26 heavy (non-hydrogen) atoms. The number of hydrogen-bond donors (Lipinski definition) is 1. The molecule has 1 atom stereocenters. The lowest BCUT2D eigenvalue weighted by Crippen LogP contribution is -2.25. The predicted octanol–water partition coefficient (Wildman–Crippen LogP) is 2.91. The van der Waals surface area contributed by atoms with E-state index in [1.165, 1.54) is 0 Å². The second-order valence-corrected chi connectivity index (χ2v) is 6.86. The van der Waals surface area contributed by atoms with Crippen LogP contribution in [0.1, 0.15) is 5.56 Å². The lowest BCUT2D eigenvalue weighted by Gasteiger charge is -2.18. The zero-order valence-corrected chi connectivity index (χ0v) is 15.9. The third-order valence-corrected chi connectivity index (χ3v) is 4.83. The first-order chi connectivity index (χ1) is 12.1. The Balaban J connectivity index is 0.00000243. The van der Waals surface area contributed by atoms with Crippen LogP contribution < -0.4 is 15.0 Å². The molecule has 0 radical (unpaired) electrons. The number of anilines is 1. The number of imide groups is 1. The van der Waals surface area contributed by atoms with Gasteiger partial charge in [-0.3, -0.25) is 14.9 Å². The molecule has 0 aliphatic carbocycles. The molecule has 2 heterocycles. The lowest BCUT2D eigenvalue weighted by atomic mass is 10.1. The Hall–Kier alpha value is -2.25. The third-order valence-electron chi connectivity index (χ3n) is 3.85. The van der Waals surface area contributed by atoms with E-state index in [-0.39, 0.29) is 28.8 Å². The van der Waals surface area contributed by atoms with E-state index in [1.54, 1.807) is 6.20 Å². The number of carbonyl (C=O) groups excluding carboxylic acids is 2. The van der Waals surface area contributed by atoms with Crippen LogP contribution in [-0.2, 0) is 11.2 Å². The first kappa shape index (κ1) is 20.1. The van der Waals surface area contributed by atoms with E-state index in [0.29, 0.717) is 13.0 Å². The largest absolute Gasteiger partial charge is 0.492 e. The molecule has 2 aromatic rings. The van der Waals surface area contributed by atoms with Crippen LogP contribution in [0, 0.1) is 0 Å². The van der Waals surface area contributed by atoms with Crippen LogP contribution in [0.2, 0.25) is 0 Å². The van der Waals surface area contributed by atoms with Gasteiger partial charge in [-0.25, -0.2) is 4.98 Å². The average molecular weight is 394 g/mol. The number of halogens is 1. The van der Waals surface area contributed by atoms with E-state index in [2.05, 4.69) is 10.3 Å². The fourth-order valence-corrected chi connectivity index (χ4v) is 3.32. The van der Waals surface area contributed by atoms with Crippen molar-refractivity contribution < 1.29 is 14.3 Å². The number of likely N-dealkylation sites (N-methyl/N-ethyl adjacent to an activating group) is 1. The number of nitrogens with one attached hydrogen (secondary N) is 1. The summed E-state index contributed by atoms with van der Waals surface area (Å²) in [5.74, 6) is 1.47. The van der Waals surface area contributed by atoms with Crippen LogP contribution in [0.15, 0.2) is 48.7 Å². The summed E-state index contributed by atoms with van der Waals surface area (Å²) in [6.45, 7) is 1.27. The van der Waals surface area contributed by atoms with Gasteiger partial charge in [0, 0.05) is 13.2 Å². The summed E-state index contributed by atoms with van der Waals surface area (Å²) < 4.78 is 5.75. The molecule has 1 fully saturated rings. The normalized spacial score (nSPS) is 16.0. The highest BCUT2D eigenvalue weighted by Gasteiger charge is 2.31. The van der Waals surface area contributed by atoms with Gasteiger partial charge in [-0.1, -0.05) is 30.0 Å². The Morgan fingerprint density at radius 3 is 2.58 bits per heavy atom. The van der Waals surface area contributed by atoms with Gasteiger partial charge in [0.1, 0.15) is 18.2 Å². The Bertz CT molecular complexity index is 743. The fraction of sp³-hybridized carbons (Fsp3) is 0.278. The van der Waals surface area contributed by atoms with Crippen LogP contribution in [0.5, 0.6) is 5.75 Å². The van der Waals surface area contributed by atoms with Crippen molar-refractivity contribution in [2.24, 2.45) is 0 Å². The first-order valence-electron chi connectivity index (χ1n) is 7.97. The maximum absolute atomic E-state index is 11.6. The molecule has 1 aliphatic heterocycles. The van der Waals surface area contributed by atoms with Crippen LogP contribution >= 0.6 is 24.2 Å². The minimum atomic E-state index is -0.341. The standard InChI is InChI=1S/C18H19N3O3S.ClH/c1-21(16-4-2-3-9-19-16)10-11-24-14-7-5-13(6-8-14)12-15-17(22)20-18(23)25-15;/h2-9,15H,10-12H2,1H3,(H,20,22,23);1H/t15-;/m0./s1. The molecule has 0 spiro atoms. The van der Waals surface area contributed by atoms with Crippen molar-refractivity contribution in [3.8, 4) is 5.75 Å². The van der Waals surface area contributed by atoms with Gasteiger partial charge in [0.2, 0.25) is 5.91 Å². The Morgan fingerprint density at radius 2 is 1.96 bits per heavy atom. The fourth-order valence-electron chi connectivity index (χ4n) is 2.46. The minimum absolute atomic E-state index is 0. The molecule has 1 saturated heterocycles. The summed E-state index contributed by atoms with van der Waals surface area (Å²) in [4.78, 5) is 29.1. The van der Waals surface area contributed by atoms with Crippen molar-refractivity contribution in [2.45, 2.75) is 11.7 Å². The molecule has 0 bridgehead atoms. The highest BCUT2D eigenvalue weighted by Crippen LogP contribution is 2.23. The number of benzene rings is 1. The Kier molecular flexibility index (Phi) is 7.29. The molecule has 1 N–H and O–H groups in total. The molecule has 2 amide bonds. The molecule has 138 valence electrons. The first-order valence-corrected chi connectivity index (χ1v) is 8.85. The van der Waals surface area contributed by atoms with E-state index in [4.69, 9.17) is 4.74 Å². The lowest BCUT2D eigenvalue weighted by molar-refractivity contribution is -0.118. The second kappa shape index (κ2) is 9.45. The van der Waals surface area contributed by atoms with Gasteiger partial charge < -0.3 is 9.64 Å². The van der Waals surface area contributed by atoms with Crippen LogP contribution in [-0.4, -0.2) is 41.6 Å². The van der Waals surface area contributed by atoms with Gasteiger partial charge in [-0.15, -0.1) is 12.4 Å². The van der Waals surface area contributed by atoms with E-state index in [0.717, 1.165) is 35.4 Å². The third kappa shape index (κ3) is 5.37. The molecule has 0 unspecified atom stereocenters. The SMILES string of the molecule is CN(CCOc1ccc(C[C@@H]2SC(=O)NC2=O)cc1)c1ccccn1.Cl. The van der Waals surface area contributed by atoms with E-state index in [9.17, 15) is 9.59 Å². The number of thioether (sulfide) groups is 1. The van der Waals surface area contributed by atoms with E-state index in [1.807, 2.05) is 54.4 Å². The van der Waals surface area contributed by atoms with Gasteiger partial charge in [-0.2, -0.15) is 0 Å². The van der Waals surface area contributed by atoms with Crippen molar-refractivity contribution in [3.05, 3.63) is 54.2 Å². The molecule has 8 heteroatoms. The summed E-state index contributed by atoms with van der Waals surface area (Å²) in [5.41, 5.74) is 1.00. The van der Waals surface area contributed by atoms with Crippen LogP contribution in [0.4, 0.5) is 10.6 Å². The summed E-state index contributed by atoms with van der Waals surface area (Å²) in [7, 11) is 1.97. The topological polar surface area (TPSA) is 71.5 Å². The highest BCUT2D eigenvalue weighted by molar-refractivity contribution is 8.15. The highest BCUT2D eigenvalue weighted by atomic mass is 35.5. The summed E-state index contributed by atoms with van der Waals surface area (Å²) in [6, 6.07) is 13.4.